The maximum atomic E-state index is 3.93. The second-order valence-corrected chi connectivity index (χ2v) is 3.64. The van der Waals surface area contributed by atoms with Crippen molar-refractivity contribution in [1.82, 2.24) is 0 Å². The third kappa shape index (κ3) is 5.82. The predicted octanol–water partition coefficient (Wildman–Crippen LogP) is 4.67. The monoisotopic (exact) mass is 210 g/mol. The van der Waals surface area contributed by atoms with Crippen molar-refractivity contribution in [3.63, 3.8) is 0 Å². The number of hydrogen-bond acceptors (Lipinski definition) is 0. The van der Waals surface area contributed by atoms with Gasteiger partial charge < -0.3 is 0 Å². The summed E-state index contributed by atoms with van der Waals surface area (Å²) in [6, 6.07) is 0. The zero-order chi connectivity index (χ0) is 11.6. The van der Waals surface area contributed by atoms with Gasteiger partial charge in [0.15, 0.2) is 0 Å². The fourth-order valence-corrected chi connectivity index (χ4v) is 1.23. The van der Waals surface area contributed by atoms with Crippen molar-refractivity contribution in [2.75, 3.05) is 0 Å². The minimum atomic E-state index is 0.979. The highest BCUT2D eigenvalue weighted by atomic mass is 13.9. The lowest BCUT2D eigenvalue weighted by Gasteiger charge is -1.91. The Balaban J connectivity index is 2.75. The molecular weight excluding hydrogens is 192 g/mol. The molecule has 0 bridgehead atoms. The molecule has 0 aliphatic heterocycles. The Labute approximate surface area is 98.4 Å². The topological polar surface area (TPSA) is 0 Å². The van der Waals surface area contributed by atoms with E-state index in [1.807, 2.05) is 36.5 Å². The molecule has 16 heavy (non-hydrogen) atoms. The summed E-state index contributed by atoms with van der Waals surface area (Å²) >= 11 is 0. The molecule has 1 aliphatic carbocycles. The van der Waals surface area contributed by atoms with Gasteiger partial charge in [0, 0.05) is 0 Å². The average Bonchev–Trinajstić information content (AvgIpc) is 2.28. The van der Waals surface area contributed by atoms with E-state index in [0.717, 1.165) is 24.0 Å². The fourth-order valence-electron chi connectivity index (χ4n) is 1.23. The average molecular weight is 210 g/mol. The molecule has 0 saturated heterocycles. The molecule has 0 atom stereocenters. The fraction of sp³-hybridized carbons (Fsp3) is 0.125. The minimum Gasteiger partial charge on any atom is -0.0918 e. The first-order valence-electron chi connectivity index (χ1n) is 5.51. The van der Waals surface area contributed by atoms with E-state index in [-0.39, 0.29) is 0 Å². The van der Waals surface area contributed by atoms with Crippen molar-refractivity contribution in [3.05, 3.63) is 85.1 Å². The van der Waals surface area contributed by atoms with Crippen LogP contribution in [-0.2, 0) is 0 Å². The highest BCUT2D eigenvalue weighted by Gasteiger charge is 1.82. The van der Waals surface area contributed by atoms with Crippen LogP contribution in [-0.4, -0.2) is 0 Å². The molecule has 0 spiro atoms. The van der Waals surface area contributed by atoms with Crippen LogP contribution in [0.4, 0.5) is 0 Å². The molecule has 0 heterocycles. The first-order valence-corrected chi connectivity index (χ1v) is 5.51. The molecule has 0 aromatic heterocycles. The lowest BCUT2D eigenvalue weighted by atomic mass is 10.1. The Morgan fingerprint density at radius 3 is 1.50 bits per heavy atom. The molecular formula is C16H18. The molecule has 0 aromatic rings. The SMILES string of the molecule is C=C1C=CC(=C)/C=C\C=C/CC/C=C\C=C/1. The van der Waals surface area contributed by atoms with Crippen LogP contribution in [0.3, 0.4) is 0 Å². The molecule has 0 N–H and O–H groups in total. The molecule has 0 radical (unpaired) electrons. The van der Waals surface area contributed by atoms with Gasteiger partial charge in [-0.1, -0.05) is 73.9 Å². The highest BCUT2D eigenvalue weighted by Crippen LogP contribution is 2.03. The van der Waals surface area contributed by atoms with Crippen LogP contribution in [0.25, 0.3) is 0 Å². The van der Waals surface area contributed by atoms with E-state index in [1.165, 1.54) is 0 Å². The molecule has 0 unspecified atom stereocenters. The van der Waals surface area contributed by atoms with Crippen molar-refractivity contribution in [2.24, 2.45) is 0 Å². The number of allylic oxidation sites excluding steroid dienone is 12. The van der Waals surface area contributed by atoms with Crippen LogP contribution >= 0.6 is 0 Å². The summed E-state index contributed by atoms with van der Waals surface area (Å²) in [6.07, 6.45) is 22.5. The zero-order valence-corrected chi connectivity index (χ0v) is 9.60. The molecule has 1 aliphatic rings. The Kier molecular flexibility index (Phi) is 5.72. The summed E-state index contributed by atoms with van der Waals surface area (Å²) in [7, 11) is 0. The molecule has 82 valence electrons. The van der Waals surface area contributed by atoms with Gasteiger partial charge in [0.1, 0.15) is 0 Å². The Morgan fingerprint density at radius 2 is 1.06 bits per heavy atom. The van der Waals surface area contributed by atoms with Crippen LogP contribution in [0.15, 0.2) is 85.1 Å². The van der Waals surface area contributed by atoms with Crippen LogP contribution in [0.2, 0.25) is 0 Å². The van der Waals surface area contributed by atoms with E-state index in [1.54, 1.807) is 0 Å². The van der Waals surface area contributed by atoms with E-state index < -0.39 is 0 Å². The third-order valence-electron chi connectivity index (χ3n) is 2.13. The summed E-state index contributed by atoms with van der Waals surface area (Å²) in [5, 5.41) is 0. The van der Waals surface area contributed by atoms with Crippen molar-refractivity contribution < 1.29 is 0 Å². The van der Waals surface area contributed by atoms with Gasteiger partial charge >= 0.3 is 0 Å². The van der Waals surface area contributed by atoms with E-state index in [9.17, 15) is 0 Å². The largest absolute Gasteiger partial charge is 0.0918 e. The van der Waals surface area contributed by atoms with Gasteiger partial charge in [0.25, 0.3) is 0 Å². The van der Waals surface area contributed by atoms with Gasteiger partial charge in [-0.3, -0.25) is 0 Å². The standard InChI is InChI=1S/C16H18/c1-15-11-9-7-5-3-4-6-8-10-12-16(2)14-13-15/h5-14H,1-4H2/b7-5-,8-6-,11-9-,12-10-,14-13?. The lowest BCUT2D eigenvalue weighted by molar-refractivity contribution is 1.05. The van der Waals surface area contributed by atoms with Gasteiger partial charge in [-0.2, -0.15) is 0 Å². The molecule has 0 aromatic carbocycles. The van der Waals surface area contributed by atoms with E-state index in [0.29, 0.717) is 0 Å². The smallest absolute Gasteiger partial charge is 0.0313 e. The summed E-state index contributed by atoms with van der Waals surface area (Å²) in [6.45, 7) is 7.86. The summed E-state index contributed by atoms with van der Waals surface area (Å²) in [5.74, 6) is 0. The molecule has 0 heteroatoms. The molecule has 1 rings (SSSR count). The van der Waals surface area contributed by atoms with Crippen molar-refractivity contribution >= 4 is 0 Å². The van der Waals surface area contributed by atoms with Crippen LogP contribution in [0, 0.1) is 0 Å². The normalized spacial score (nSPS) is 25.8. The zero-order valence-electron chi connectivity index (χ0n) is 9.60. The van der Waals surface area contributed by atoms with Crippen LogP contribution < -0.4 is 0 Å². The molecule has 0 nitrogen and oxygen atoms in total. The van der Waals surface area contributed by atoms with Gasteiger partial charge in [-0.25, -0.2) is 0 Å². The maximum Gasteiger partial charge on any atom is -0.0313 e. The molecule has 0 saturated carbocycles. The molecule has 0 fully saturated rings. The van der Waals surface area contributed by atoms with Crippen LogP contribution in [0.1, 0.15) is 12.8 Å². The van der Waals surface area contributed by atoms with Crippen molar-refractivity contribution in [3.8, 4) is 0 Å². The number of rotatable bonds is 0. The maximum absolute atomic E-state index is 3.93. The van der Waals surface area contributed by atoms with Gasteiger partial charge in [-0.05, 0) is 24.0 Å². The quantitative estimate of drug-likeness (QED) is 0.545. The van der Waals surface area contributed by atoms with Crippen molar-refractivity contribution in [2.45, 2.75) is 12.8 Å². The van der Waals surface area contributed by atoms with Crippen molar-refractivity contribution in [1.29, 1.82) is 0 Å². The summed E-state index contributed by atoms with van der Waals surface area (Å²) in [5.41, 5.74) is 1.96. The third-order valence-corrected chi connectivity index (χ3v) is 2.13. The predicted molar refractivity (Wildman–Crippen MR) is 73.2 cm³/mol. The first-order chi connectivity index (χ1) is 7.79. The Hall–Kier alpha value is -1.82. The van der Waals surface area contributed by atoms with Gasteiger partial charge in [0.2, 0.25) is 0 Å². The van der Waals surface area contributed by atoms with Gasteiger partial charge in [-0.15, -0.1) is 0 Å². The lowest BCUT2D eigenvalue weighted by Crippen LogP contribution is -1.71. The second-order valence-electron chi connectivity index (χ2n) is 3.64. The Morgan fingerprint density at radius 1 is 0.625 bits per heavy atom. The number of hydrogen-bond donors (Lipinski definition) is 0. The van der Waals surface area contributed by atoms with Gasteiger partial charge in [0.05, 0.1) is 0 Å². The second kappa shape index (κ2) is 7.47. The minimum absolute atomic E-state index is 0.979. The highest BCUT2D eigenvalue weighted by molar-refractivity contribution is 5.37. The molecule has 0 amide bonds. The summed E-state index contributed by atoms with van der Waals surface area (Å²) in [4.78, 5) is 0. The van der Waals surface area contributed by atoms with E-state index in [2.05, 4.69) is 37.5 Å². The Bertz CT molecular complexity index is 346. The van der Waals surface area contributed by atoms with E-state index >= 15 is 0 Å². The summed E-state index contributed by atoms with van der Waals surface area (Å²) < 4.78 is 0. The van der Waals surface area contributed by atoms with Crippen LogP contribution in [0.5, 0.6) is 0 Å². The van der Waals surface area contributed by atoms with E-state index in [4.69, 9.17) is 0 Å². The first kappa shape index (κ1) is 12.3.